The van der Waals surface area contributed by atoms with E-state index in [0.717, 1.165) is 71.2 Å². The van der Waals surface area contributed by atoms with Gasteiger partial charge in [0.25, 0.3) is 0 Å². The molecule has 1 aliphatic rings. The minimum absolute atomic E-state index is 0. The number of hydrogen-bond donors (Lipinski definition) is 2. The third-order valence-electron chi connectivity index (χ3n) is 3.52. The molecule has 2 N–H and O–H groups in total. The zero-order valence-electron chi connectivity index (χ0n) is 14.0. The third-order valence-corrected chi connectivity index (χ3v) is 3.52. The fraction of sp³-hybridized carbons (Fsp3) is 0.812. The minimum Gasteiger partial charge on any atom is -0.381 e. The van der Waals surface area contributed by atoms with Crippen molar-refractivity contribution in [3.05, 3.63) is 12.2 Å². The van der Waals surface area contributed by atoms with E-state index in [-0.39, 0.29) is 24.0 Å². The molecule has 5 nitrogen and oxygen atoms in total. The normalized spacial score (nSPS) is 16.5. The molecule has 1 rings (SSSR count). The lowest BCUT2D eigenvalue weighted by molar-refractivity contribution is 0.0203. The van der Waals surface area contributed by atoms with Crippen LogP contribution in [0.2, 0.25) is 0 Å². The van der Waals surface area contributed by atoms with E-state index in [1.165, 1.54) is 0 Å². The van der Waals surface area contributed by atoms with Gasteiger partial charge in [-0.15, -0.1) is 24.0 Å². The zero-order valence-corrected chi connectivity index (χ0v) is 16.3. The summed E-state index contributed by atoms with van der Waals surface area (Å²) in [6.45, 7) is 7.30. The number of halogens is 1. The molecule has 0 aromatic rings. The van der Waals surface area contributed by atoms with Gasteiger partial charge in [0, 0.05) is 46.6 Å². The van der Waals surface area contributed by atoms with Crippen LogP contribution in [0.3, 0.4) is 0 Å². The molecular weight excluding hydrogens is 393 g/mol. The van der Waals surface area contributed by atoms with Crippen molar-refractivity contribution in [2.24, 2.45) is 10.9 Å². The molecular formula is C16H32IN3O2. The Labute approximate surface area is 152 Å². The second kappa shape index (κ2) is 15.6. The van der Waals surface area contributed by atoms with Crippen molar-refractivity contribution in [1.82, 2.24) is 10.6 Å². The first-order valence-electron chi connectivity index (χ1n) is 8.08. The largest absolute Gasteiger partial charge is 0.381 e. The molecule has 1 saturated heterocycles. The van der Waals surface area contributed by atoms with Crippen molar-refractivity contribution < 1.29 is 9.47 Å². The standard InChI is InChI=1S/C16H31N3O2.HI/c1-3-4-5-9-18-16(17-2)19-10-6-11-21-14-15-7-12-20-13-8-15;/h3-4,15H,5-14H2,1-2H3,(H2,17,18,19);1H/b4-3+;. The Bertz CT molecular complexity index is 306. The van der Waals surface area contributed by atoms with Crippen LogP contribution in [0.15, 0.2) is 17.1 Å². The van der Waals surface area contributed by atoms with Crippen LogP contribution >= 0.6 is 24.0 Å². The SMILES string of the molecule is C/C=C/CCNC(=NC)NCCCOCC1CCOCC1.I. The second-order valence-electron chi connectivity index (χ2n) is 5.27. The highest BCUT2D eigenvalue weighted by molar-refractivity contribution is 14.0. The van der Waals surface area contributed by atoms with E-state index in [1.54, 1.807) is 7.05 Å². The monoisotopic (exact) mass is 425 g/mol. The van der Waals surface area contributed by atoms with E-state index in [2.05, 4.69) is 27.8 Å². The molecule has 0 spiro atoms. The first-order chi connectivity index (χ1) is 10.4. The maximum atomic E-state index is 5.74. The first-order valence-corrected chi connectivity index (χ1v) is 8.08. The van der Waals surface area contributed by atoms with Gasteiger partial charge in [-0.1, -0.05) is 12.2 Å². The van der Waals surface area contributed by atoms with Gasteiger partial charge in [0.05, 0.1) is 0 Å². The molecule has 0 atom stereocenters. The molecule has 0 radical (unpaired) electrons. The number of hydrogen-bond acceptors (Lipinski definition) is 3. The molecule has 0 amide bonds. The fourth-order valence-electron chi connectivity index (χ4n) is 2.21. The van der Waals surface area contributed by atoms with E-state index in [9.17, 15) is 0 Å². The molecule has 1 fully saturated rings. The Morgan fingerprint density at radius 3 is 2.68 bits per heavy atom. The molecule has 1 heterocycles. The highest BCUT2D eigenvalue weighted by Crippen LogP contribution is 2.14. The van der Waals surface area contributed by atoms with Crippen LogP contribution in [-0.4, -0.2) is 52.5 Å². The minimum atomic E-state index is 0. The molecule has 0 unspecified atom stereocenters. The third kappa shape index (κ3) is 11.3. The number of nitrogens with one attached hydrogen (secondary N) is 2. The van der Waals surface area contributed by atoms with Gasteiger partial charge in [0.2, 0.25) is 0 Å². The first kappa shape index (κ1) is 21.7. The van der Waals surface area contributed by atoms with Crippen molar-refractivity contribution in [3.63, 3.8) is 0 Å². The second-order valence-corrected chi connectivity index (χ2v) is 5.27. The highest BCUT2D eigenvalue weighted by atomic mass is 127. The van der Waals surface area contributed by atoms with Gasteiger partial charge < -0.3 is 20.1 Å². The summed E-state index contributed by atoms with van der Waals surface area (Å²) < 4.78 is 11.1. The van der Waals surface area contributed by atoms with Crippen molar-refractivity contribution >= 4 is 29.9 Å². The molecule has 0 bridgehead atoms. The van der Waals surface area contributed by atoms with E-state index in [0.29, 0.717) is 5.92 Å². The molecule has 0 aromatic carbocycles. The fourth-order valence-corrected chi connectivity index (χ4v) is 2.21. The van der Waals surface area contributed by atoms with Crippen LogP contribution in [0.25, 0.3) is 0 Å². The number of allylic oxidation sites excluding steroid dienone is 1. The molecule has 0 aromatic heterocycles. The lowest BCUT2D eigenvalue weighted by Gasteiger charge is -2.21. The summed E-state index contributed by atoms with van der Waals surface area (Å²) in [5, 5.41) is 6.58. The van der Waals surface area contributed by atoms with Crippen LogP contribution in [-0.2, 0) is 9.47 Å². The van der Waals surface area contributed by atoms with Crippen molar-refractivity contribution in [1.29, 1.82) is 0 Å². The highest BCUT2D eigenvalue weighted by Gasteiger charge is 2.13. The number of aliphatic imine (C=N–C) groups is 1. The van der Waals surface area contributed by atoms with Gasteiger partial charge in [-0.2, -0.15) is 0 Å². The van der Waals surface area contributed by atoms with Crippen LogP contribution in [0.4, 0.5) is 0 Å². The molecule has 0 saturated carbocycles. The smallest absolute Gasteiger partial charge is 0.190 e. The Morgan fingerprint density at radius 2 is 2.00 bits per heavy atom. The van der Waals surface area contributed by atoms with Crippen molar-refractivity contribution in [2.45, 2.75) is 32.6 Å². The maximum absolute atomic E-state index is 5.74. The predicted molar refractivity (Wildman–Crippen MR) is 103 cm³/mol. The number of rotatable bonds is 9. The van der Waals surface area contributed by atoms with Gasteiger partial charge in [-0.3, -0.25) is 4.99 Å². The summed E-state index contributed by atoms with van der Waals surface area (Å²) in [4.78, 5) is 4.19. The van der Waals surface area contributed by atoms with E-state index in [4.69, 9.17) is 9.47 Å². The Balaban J connectivity index is 0.00000441. The topological polar surface area (TPSA) is 54.9 Å². The van der Waals surface area contributed by atoms with E-state index in [1.807, 2.05) is 6.92 Å². The molecule has 0 aliphatic carbocycles. The Hall–Kier alpha value is -0.340. The van der Waals surface area contributed by atoms with E-state index >= 15 is 0 Å². The quantitative estimate of drug-likeness (QED) is 0.196. The lowest BCUT2D eigenvalue weighted by Crippen LogP contribution is -2.38. The average Bonchev–Trinajstić information content (AvgIpc) is 2.53. The summed E-state index contributed by atoms with van der Waals surface area (Å²) in [5.41, 5.74) is 0. The average molecular weight is 425 g/mol. The zero-order chi connectivity index (χ0) is 15.2. The molecule has 22 heavy (non-hydrogen) atoms. The van der Waals surface area contributed by atoms with Gasteiger partial charge in [0.1, 0.15) is 0 Å². The van der Waals surface area contributed by atoms with Crippen LogP contribution in [0.1, 0.15) is 32.6 Å². The van der Waals surface area contributed by atoms with Crippen LogP contribution < -0.4 is 10.6 Å². The summed E-state index contributed by atoms with van der Waals surface area (Å²) in [5.74, 6) is 1.55. The number of ether oxygens (including phenoxy) is 2. The predicted octanol–water partition coefficient (Wildman–Crippen LogP) is 2.57. The van der Waals surface area contributed by atoms with E-state index < -0.39 is 0 Å². The lowest BCUT2D eigenvalue weighted by atomic mass is 10.0. The van der Waals surface area contributed by atoms with Crippen molar-refractivity contribution in [2.75, 3.05) is 46.6 Å². The summed E-state index contributed by atoms with van der Waals surface area (Å²) in [7, 11) is 1.80. The van der Waals surface area contributed by atoms with Crippen LogP contribution in [0, 0.1) is 5.92 Å². The Morgan fingerprint density at radius 1 is 1.27 bits per heavy atom. The number of nitrogens with zero attached hydrogens (tertiary/aromatic N) is 1. The summed E-state index contributed by atoms with van der Waals surface area (Å²) in [6.07, 6.45) is 8.50. The Kier molecular flexibility index (Phi) is 15.3. The number of guanidine groups is 1. The summed E-state index contributed by atoms with van der Waals surface area (Å²) >= 11 is 0. The van der Waals surface area contributed by atoms with Crippen LogP contribution in [0.5, 0.6) is 0 Å². The summed E-state index contributed by atoms with van der Waals surface area (Å²) in [6, 6.07) is 0. The van der Waals surface area contributed by atoms with Gasteiger partial charge in [-0.25, -0.2) is 0 Å². The molecule has 1 aliphatic heterocycles. The van der Waals surface area contributed by atoms with Gasteiger partial charge in [0.15, 0.2) is 5.96 Å². The maximum Gasteiger partial charge on any atom is 0.190 e. The molecule has 6 heteroatoms. The van der Waals surface area contributed by atoms with Gasteiger partial charge in [-0.05, 0) is 38.5 Å². The van der Waals surface area contributed by atoms with Crippen molar-refractivity contribution in [3.8, 4) is 0 Å². The van der Waals surface area contributed by atoms with Gasteiger partial charge >= 0.3 is 0 Å². The molecule has 130 valence electrons.